The van der Waals surface area contributed by atoms with Gasteiger partial charge in [0.05, 0.1) is 15.4 Å². The van der Waals surface area contributed by atoms with E-state index in [-0.39, 0.29) is 10.7 Å². The Bertz CT molecular complexity index is 1780. The van der Waals surface area contributed by atoms with Crippen molar-refractivity contribution in [3.8, 4) is 11.5 Å². The predicted molar refractivity (Wildman–Crippen MR) is 150 cm³/mol. The molecule has 0 spiro atoms. The third-order valence-corrected chi connectivity index (χ3v) is 7.01. The number of ether oxygens (including phenoxy) is 1. The number of hydrogen-bond donors (Lipinski definition) is 1. The molecule has 13 heteroatoms. The van der Waals surface area contributed by atoms with Crippen molar-refractivity contribution >= 4 is 57.0 Å². The van der Waals surface area contributed by atoms with Gasteiger partial charge in [0.15, 0.2) is 0 Å². The molecule has 3 amide bonds. The minimum Gasteiger partial charge on any atom is -0.450 e. The molecular formula is C29H18F3N3O6S. The zero-order valence-electron chi connectivity index (χ0n) is 21.3. The van der Waals surface area contributed by atoms with Gasteiger partial charge in [0.25, 0.3) is 11.1 Å². The molecule has 0 atom stereocenters. The molecule has 1 heterocycles. The van der Waals surface area contributed by atoms with E-state index in [2.05, 4.69) is 5.32 Å². The Morgan fingerprint density at radius 3 is 2.50 bits per heavy atom. The molecule has 1 aliphatic rings. The molecule has 1 fully saturated rings. The summed E-state index contributed by atoms with van der Waals surface area (Å²) in [6.45, 7) is -0.508. The van der Waals surface area contributed by atoms with Crippen molar-refractivity contribution in [1.29, 1.82) is 0 Å². The van der Waals surface area contributed by atoms with E-state index < -0.39 is 51.7 Å². The fraction of sp³-hybridized carbons (Fsp3) is 0.0690. The third-order valence-electron chi connectivity index (χ3n) is 6.11. The van der Waals surface area contributed by atoms with Crippen molar-refractivity contribution in [1.82, 2.24) is 4.90 Å². The summed E-state index contributed by atoms with van der Waals surface area (Å²) in [5.74, 6) is -1.63. The summed E-state index contributed by atoms with van der Waals surface area (Å²) in [4.78, 5) is 49.5. The number of nitrogens with zero attached hydrogens (tertiary/aromatic N) is 2. The number of imide groups is 1. The van der Waals surface area contributed by atoms with Crippen LogP contribution in [0, 0.1) is 10.1 Å². The van der Waals surface area contributed by atoms with Crippen LogP contribution in [-0.2, 0) is 15.8 Å². The summed E-state index contributed by atoms with van der Waals surface area (Å²) in [5, 5.41) is 15.2. The Labute approximate surface area is 239 Å². The predicted octanol–water partition coefficient (Wildman–Crippen LogP) is 7.23. The molecule has 42 heavy (non-hydrogen) atoms. The summed E-state index contributed by atoms with van der Waals surface area (Å²) in [5.41, 5.74) is -1.17. The fourth-order valence-corrected chi connectivity index (χ4v) is 5.01. The van der Waals surface area contributed by atoms with E-state index in [1.807, 2.05) is 30.3 Å². The first-order valence-corrected chi connectivity index (χ1v) is 13.0. The SMILES string of the molecule is O=C(CN1C(=O)S/C(=C/c2cccc(Oc3ccc(C(F)(F)F)cc3[N+](=O)[O-])c2)C1=O)Nc1cccc2ccccc12. The highest BCUT2D eigenvalue weighted by Crippen LogP contribution is 2.38. The average Bonchev–Trinajstić information content (AvgIpc) is 3.20. The topological polar surface area (TPSA) is 119 Å². The number of amides is 3. The molecule has 0 aliphatic carbocycles. The molecule has 5 rings (SSSR count). The molecule has 212 valence electrons. The smallest absolute Gasteiger partial charge is 0.416 e. The Hall–Kier alpha value is -5.17. The van der Waals surface area contributed by atoms with Crippen LogP contribution in [0.5, 0.6) is 11.5 Å². The van der Waals surface area contributed by atoms with Crippen LogP contribution < -0.4 is 10.1 Å². The van der Waals surface area contributed by atoms with Crippen molar-refractivity contribution in [3.63, 3.8) is 0 Å². The molecule has 9 nitrogen and oxygen atoms in total. The molecule has 0 unspecified atom stereocenters. The molecule has 0 aromatic heterocycles. The van der Waals surface area contributed by atoms with Crippen LogP contribution >= 0.6 is 11.8 Å². The first-order chi connectivity index (χ1) is 20.0. The first kappa shape index (κ1) is 28.4. The first-order valence-electron chi connectivity index (χ1n) is 12.2. The highest BCUT2D eigenvalue weighted by molar-refractivity contribution is 8.18. The molecule has 0 saturated carbocycles. The van der Waals surface area contributed by atoms with Crippen LogP contribution in [0.2, 0.25) is 0 Å². The molecule has 4 aromatic rings. The maximum atomic E-state index is 13.0. The summed E-state index contributed by atoms with van der Waals surface area (Å²) in [7, 11) is 0. The molecule has 1 saturated heterocycles. The summed E-state index contributed by atoms with van der Waals surface area (Å²) in [6.07, 6.45) is -3.40. The number of alkyl halides is 3. The molecule has 4 aromatic carbocycles. The zero-order valence-corrected chi connectivity index (χ0v) is 22.1. The largest absolute Gasteiger partial charge is 0.450 e. The van der Waals surface area contributed by atoms with E-state index in [0.717, 1.165) is 21.7 Å². The van der Waals surface area contributed by atoms with Gasteiger partial charge in [-0.15, -0.1) is 0 Å². The minimum atomic E-state index is -4.78. The number of rotatable bonds is 7. The number of fused-ring (bicyclic) bond motifs is 1. The van der Waals surface area contributed by atoms with Gasteiger partial charge < -0.3 is 10.1 Å². The van der Waals surface area contributed by atoms with Crippen molar-refractivity contribution in [2.45, 2.75) is 6.18 Å². The monoisotopic (exact) mass is 593 g/mol. The lowest BCUT2D eigenvalue weighted by molar-refractivity contribution is -0.385. The lowest BCUT2D eigenvalue weighted by Gasteiger charge is -2.13. The van der Waals surface area contributed by atoms with E-state index in [9.17, 15) is 37.7 Å². The van der Waals surface area contributed by atoms with Crippen molar-refractivity contribution in [2.75, 3.05) is 11.9 Å². The average molecular weight is 594 g/mol. The summed E-state index contributed by atoms with van der Waals surface area (Å²) >= 11 is 0.629. The number of carbonyl (C=O) groups is 3. The Morgan fingerprint density at radius 1 is 1.00 bits per heavy atom. The van der Waals surface area contributed by atoms with Gasteiger partial charge in [0, 0.05) is 17.1 Å². The maximum Gasteiger partial charge on any atom is 0.416 e. The molecular weight excluding hydrogens is 575 g/mol. The number of nitrogens with one attached hydrogen (secondary N) is 1. The standard InChI is InChI=1S/C29H18F3N3O6S/c30-29(31,32)19-11-12-24(23(15-19)35(39)40)41-20-8-3-5-17(13-20)14-25-27(37)34(28(38)42-25)16-26(36)33-22-10-4-7-18-6-1-2-9-21(18)22/h1-15H,16H2,(H,33,36)/b25-14+. The van der Waals surface area contributed by atoms with Gasteiger partial charge in [0.1, 0.15) is 12.3 Å². The van der Waals surface area contributed by atoms with Gasteiger partial charge >= 0.3 is 11.9 Å². The number of anilines is 1. The van der Waals surface area contributed by atoms with Gasteiger partial charge in [-0.3, -0.25) is 29.4 Å². The van der Waals surface area contributed by atoms with Crippen LogP contribution in [0.4, 0.5) is 29.3 Å². The number of halogens is 3. The van der Waals surface area contributed by atoms with Crippen molar-refractivity contribution < 1.29 is 37.2 Å². The summed E-state index contributed by atoms with van der Waals surface area (Å²) < 4.78 is 44.5. The molecule has 1 aliphatic heterocycles. The fourth-order valence-electron chi connectivity index (χ4n) is 4.17. The Kier molecular flexibility index (Phi) is 7.68. The number of nitro groups is 1. The number of benzene rings is 4. The second kappa shape index (κ2) is 11.4. The zero-order chi connectivity index (χ0) is 30.0. The molecule has 0 radical (unpaired) electrons. The highest BCUT2D eigenvalue weighted by Gasteiger charge is 2.36. The second-order valence-corrected chi connectivity index (χ2v) is 9.95. The van der Waals surface area contributed by atoms with Gasteiger partial charge in [-0.2, -0.15) is 13.2 Å². The Balaban J connectivity index is 1.30. The quantitative estimate of drug-likeness (QED) is 0.136. The van der Waals surface area contributed by atoms with E-state index in [1.54, 1.807) is 18.2 Å². The maximum absolute atomic E-state index is 13.0. The lowest BCUT2D eigenvalue weighted by Crippen LogP contribution is -2.36. The van der Waals surface area contributed by atoms with Gasteiger partial charge in [-0.05, 0) is 59.1 Å². The second-order valence-electron chi connectivity index (χ2n) is 8.95. The third kappa shape index (κ3) is 6.10. The highest BCUT2D eigenvalue weighted by atomic mass is 32.2. The van der Waals surface area contributed by atoms with Gasteiger partial charge in [-0.25, -0.2) is 0 Å². The van der Waals surface area contributed by atoms with Crippen LogP contribution in [-0.4, -0.2) is 33.4 Å². The van der Waals surface area contributed by atoms with Crippen LogP contribution in [0.25, 0.3) is 16.8 Å². The number of hydrogen-bond acceptors (Lipinski definition) is 7. The molecule has 1 N–H and O–H groups in total. The van der Waals surface area contributed by atoms with Gasteiger partial charge in [-0.1, -0.05) is 48.5 Å². The van der Waals surface area contributed by atoms with Gasteiger partial charge in [0.2, 0.25) is 11.7 Å². The lowest BCUT2D eigenvalue weighted by atomic mass is 10.1. The van der Waals surface area contributed by atoms with E-state index in [4.69, 9.17) is 4.74 Å². The van der Waals surface area contributed by atoms with Crippen molar-refractivity contribution in [3.05, 3.63) is 111 Å². The van der Waals surface area contributed by atoms with Crippen molar-refractivity contribution in [2.24, 2.45) is 0 Å². The number of nitro benzene ring substituents is 1. The van der Waals surface area contributed by atoms with Crippen LogP contribution in [0.1, 0.15) is 11.1 Å². The molecule has 0 bridgehead atoms. The summed E-state index contributed by atoms with van der Waals surface area (Å²) in [6, 6.07) is 20.5. The van der Waals surface area contributed by atoms with Crippen LogP contribution in [0.3, 0.4) is 0 Å². The normalized spacial score (nSPS) is 14.5. The van der Waals surface area contributed by atoms with E-state index >= 15 is 0 Å². The Morgan fingerprint density at radius 2 is 1.74 bits per heavy atom. The van der Waals surface area contributed by atoms with E-state index in [1.165, 1.54) is 24.3 Å². The number of carbonyl (C=O) groups excluding carboxylic acids is 3. The number of thioether (sulfide) groups is 1. The van der Waals surface area contributed by atoms with Crippen LogP contribution in [0.15, 0.2) is 89.8 Å². The minimum absolute atomic E-state index is 0.0237. The van der Waals surface area contributed by atoms with E-state index in [0.29, 0.717) is 35.1 Å².